The van der Waals surface area contributed by atoms with Gasteiger partial charge in [-0.1, -0.05) is 18.2 Å². The minimum Gasteiger partial charge on any atom is -0.334 e. The molecule has 1 aliphatic rings. The molecule has 160 valence electrons. The number of amides is 1. The SMILES string of the molecule is C=C(C)CN(CC)C(=O)C[NH+]1CCN(S(=O)(=O)c2cc([N+](=O)[O-])ccc2C)CC1. The number of rotatable bonds is 8. The molecule has 1 aromatic carbocycles. The van der Waals surface area contributed by atoms with E-state index in [4.69, 9.17) is 0 Å². The van der Waals surface area contributed by atoms with Gasteiger partial charge in [0.05, 0.1) is 36.0 Å². The van der Waals surface area contributed by atoms with Gasteiger partial charge >= 0.3 is 0 Å². The quantitative estimate of drug-likeness (QED) is 0.364. The van der Waals surface area contributed by atoms with Gasteiger partial charge in [-0.25, -0.2) is 8.42 Å². The van der Waals surface area contributed by atoms with Crippen molar-refractivity contribution in [3.8, 4) is 0 Å². The third-order valence-corrected chi connectivity index (χ3v) is 7.07. The number of aryl methyl sites for hydroxylation is 1. The second-order valence-electron chi connectivity index (χ2n) is 7.40. The number of carbonyl (C=O) groups is 1. The van der Waals surface area contributed by atoms with E-state index in [2.05, 4.69) is 6.58 Å². The summed E-state index contributed by atoms with van der Waals surface area (Å²) < 4.78 is 27.3. The molecule has 1 heterocycles. The molecule has 10 heteroatoms. The van der Waals surface area contributed by atoms with Gasteiger partial charge in [0.15, 0.2) is 6.54 Å². The minimum absolute atomic E-state index is 0.0244. The van der Waals surface area contributed by atoms with Crippen LogP contribution in [0.2, 0.25) is 0 Å². The molecule has 0 unspecified atom stereocenters. The summed E-state index contributed by atoms with van der Waals surface area (Å²) in [4.78, 5) is 25.6. The van der Waals surface area contributed by atoms with Gasteiger partial charge in [0.25, 0.3) is 11.6 Å². The zero-order valence-electron chi connectivity index (χ0n) is 17.2. The monoisotopic (exact) mass is 425 g/mol. The van der Waals surface area contributed by atoms with Crippen molar-refractivity contribution in [2.24, 2.45) is 0 Å². The predicted octanol–water partition coefficient (Wildman–Crippen LogP) is 0.217. The number of non-ortho nitro benzene ring substituents is 1. The Labute approximate surface area is 171 Å². The highest BCUT2D eigenvalue weighted by atomic mass is 32.2. The van der Waals surface area contributed by atoms with E-state index in [0.29, 0.717) is 38.3 Å². The average molecular weight is 426 g/mol. The number of carbonyl (C=O) groups excluding carboxylic acids is 1. The third kappa shape index (κ3) is 5.62. The second kappa shape index (κ2) is 9.47. The zero-order chi connectivity index (χ0) is 21.8. The maximum absolute atomic E-state index is 13.0. The van der Waals surface area contributed by atoms with Crippen molar-refractivity contribution in [3.63, 3.8) is 0 Å². The van der Waals surface area contributed by atoms with Crippen LogP contribution in [0.4, 0.5) is 5.69 Å². The zero-order valence-corrected chi connectivity index (χ0v) is 18.0. The smallest absolute Gasteiger partial charge is 0.278 e. The lowest BCUT2D eigenvalue weighted by Crippen LogP contribution is -3.15. The van der Waals surface area contributed by atoms with Crippen LogP contribution in [0.3, 0.4) is 0 Å². The van der Waals surface area contributed by atoms with Crippen LogP contribution in [0.25, 0.3) is 0 Å². The lowest BCUT2D eigenvalue weighted by atomic mass is 10.2. The molecule has 2 rings (SSSR count). The van der Waals surface area contributed by atoms with Crippen LogP contribution in [0.1, 0.15) is 19.4 Å². The molecule has 1 amide bonds. The molecule has 1 aliphatic heterocycles. The first-order valence-corrected chi connectivity index (χ1v) is 11.0. The second-order valence-corrected chi connectivity index (χ2v) is 9.31. The summed E-state index contributed by atoms with van der Waals surface area (Å²) in [6.45, 7) is 12.2. The Hall–Kier alpha value is -2.30. The molecule has 0 aliphatic carbocycles. The first-order chi connectivity index (χ1) is 13.6. The molecule has 1 aromatic rings. The molecule has 1 saturated heterocycles. The van der Waals surface area contributed by atoms with E-state index in [1.165, 1.54) is 16.4 Å². The van der Waals surface area contributed by atoms with Crippen LogP contribution in [-0.2, 0) is 14.8 Å². The molecule has 0 bridgehead atoms. The Kier molecular flexibility index (Phi) is 7.50. The topological polar surface area (TPSA) is 105 Å². The fraction of sp³-hybridized carbons (Fsp3) is 0.526. The highest BCUT2D eigenvalue weighted by molar-refractivity contribution is 7.89. The molecule has 0 radical (unpaired) electrons. The summed E-state index contributed by atoms with van der Waals surface area (Å²) in [7, 11) is -3.83. The van der Waals surface area contributed by atoms with E-state index in [1.807, 2.05) is 13.8 Å². The van der Waals surface area contributed by atoms with Crippen LogP contribution < -0.4 is 4.90 Å². The van der Waals surface area contributed by atoms with Crippen molar-refractivity contribution in [3.05, 3.63) is 46.0 Å². The third-order valence-electron chi connectivity index (χ3n) is 5.03. The molecule has 29 heavy (non-hydrogen) atoms. The summed E-state index contributed by atoms with van der Waals surface area (Å²) in [5.41, 5.74) is 1.14. The van der Waals surface area contributed by atoms with Crippen LogP contribution >= 0.6 is 0 Å². The molecule has 0 aromatic heterocycles. The number of nitro groups is 1. The number of nitrogens with zero attached hydrogens (tertiary/aromatic N) is 3. The number of quaternary nitrogens is 1. The number of nitro benzene ring substituents is 1. The van der Waals surface area contributed by atoms with Crippen molar-refractivity contribution in [1.82, 2.24) is 9.21 Å². The largest absolute Gasteiger partial charge is 0.334 e. The number of likely N-dealkylation sites (N-methyl/N-ethyl adjacent to an activating group) is 1. The maximum atomic E-state index is 13.0. The van der Waals surface area contributed by atoms with Gasteiger partial charge in [0, 0.05) is 25.2 Å². The number of hydrogen-bond acceptors (Lipinski definition) is 5. The minimum atomic E-state index is -3.83. The predicted molar refractivity (Wildman–Crippen MR) is 109 cm³/mol. The van der Waals surface area contributed by atoms with Crippen molar-refractivity contribution < 1.29 is 23.0 Å². The molecule has 1 N–H and O–H groups in total. The number of benzene rings is 1. The summed E-state index contributed by atoms with van der Waals surface area (Å²) >= 11 is 0. The van der Waals surface area contributed by atoms with Crippen LogP contribution in [-0.4, -0.2) is 74.3 Å². The fourth-order valence-corrected chi connectivity index (χ4v) is 5.05. The lowest BCUT2D eigenvalue weighted by molar-refractivity contribution is -0.896. The van der Waals surface area contributed by atoms with Gasteiger partial charge in [0.2, 0.25) is 10.0 Å². The van der Waals surface area contributed by atoms with Gasteiger partial charge < -0.3 is 9.80 Å². The highest BCUT2D eigenvalue weighted by Crippen LogP contribution is 2.24. The van der Waals surface area contributed by atoms with E-state index < -0.39 is 14.9 Å². The Bertz CT molecular complexity index is 892. The lowest BCUT2D eigenvalue weighted by Gasteiger charge is -2.32. The standard InChI is InChI=1S/C19H28N4O5S/c1-5-21(13-15(2)3)19(24)14-20-8-10-22(11-9-20)29(27,28)18-12-17(23(25)26)7-6-16(18)4/h6-7,12H,2,5,8-11,13-14H2,1,3-4H3/p+1. The van der Waals surface area contributed by atoms with Gasteiger partial charge in [-0.3, -0.25) is 14.9 Å². The van der Waals surface area contributed by atoms with Crippen molar-refractivity contribution in [1.29, 1.82) is 0 Å². The van der Waals surface area contributed by atoms with E-state index in [-0.39, 0.29) is 29.6 Å². The van der Waals surface area contributed by atoms with Gasteiger partial charge in [0.1, 0.15) is 0 Å². The molecular formula is C19H29N4O5S+. The Morgan fingerprint density at radius 1 is 1.34 bits per heavy atom. The van der Waals surface area contributed by atoms with E-state index in [1.54, 1.807) is 11.8 Å². The van der Waals surface area contributed by atoms with Crippen molar-refractivity contribution in [2.45, 2.75) is 25.7 Å². The first kappa shape index (κ1) is 23.0. The summed E-state index contributed by atoms with van der Waals surface area (Å²) in [6, 6.07) is 3.86. The Balaban J connectivity index is 2.05. The molecule has 0 spiro atoms. The number of nitrogens with one attached hydrogen (secondary N) is 1. The molecule has 9 nitrogen and oxygen atoms in total. The van der Waals surface area contributed by atoms with Crippen LogP contribution in [0.5, 0.6) is 0 Å². The maximum Gasteiger partial charge on any atom is 0.278 e. The van der Waals surface area contributed by atoms with E-state index >= 15 is 0 Å². The molecule has 0 atom stereocenters. The molecular weight excluding hydrogens is 396 g/mol. The van der Waals surface area contributed by atoms with Gasteiger partial charge in [-0.05, 0) is 26.3 Å². The average Bonchev–Trinajstić information content (AvgIpc) is 2.66. The molecule has 0 saturated carbocycles. The Morgan fingerprint density at radius 2 is 1.97 bits per heavy atom. The molecule has 1 fully saturated rings. The summed E-state index contributed by atoms with van der Waals surface area (Å²) in [5, 5.41) is 11.0. The van der Waals surface area contributed by atoms with Crippen molar-refractivity contribution in [2.75, 3.05) is 45.8 Å². The van der Waals surface area contributed by atoms with E-state index in [9.17, 15) is 23.3 Å². The fourth-order valence-electron chi connectivity index (χ4n) is 3.37. The van der Waals surface area contributed by atoms with Crippen molar-refractivity contribution >= 4 is 21.6 Å². The van der Waals surface area contributed by atoms with Gasteiger partial charge in [-0.15, -0.1) is 0 Å². The number of piperazine rings is 1. The summed E-state index contributed by atoms with van der Waals surface area (Å²) in [6.07, 6.45) is 0. The number of sulfonamides is 1. The normalized spacial score (nSPS) is 15.8. The highest BCUT2D eigenvalue weighted by Gasteiger charge is 2.33. The van der Waals surface area contributed by atoms with Crippen LogP contribution in [0, 0.1) is 17.0 Å². The van der Waals surface area contributed by atoms with Crippen LogP contribution in [0.15, 0.2) is 35.2 Å². The summed E-state index contributed by atoms with van der Waals surface area (Å²) in [5.74, 6) is 0.0244. The Morgan fingerprint density at radius 3 is 2.48 bits per heavy atom. The van der Waals surface area contributed by atoms with E-state index in [0.717, 1.165) is 16.5 Å². The first-order valence-electron chi connectivity index (χ1n) is 9.57. The van der Waals surface area contributed by atoms with Gasteiger partial charge in [-0.2, -0.15) is 4.31 Å². The number of hydrogen-bond donors (Lipinski definition) is 1.